The lowest BCUT2D eigenvalue weighted by Gasteiger charge is -2.06. The zero-order valence-corrected chi connectivity index (χ0v) is 6.90. The van der Waals surface area contributed by atoms with Gasteiger partial charge in [0.1, 0.15) is 0 Å². The van der Waals surface area contributed by atoms with E-state index in [2.05, 4.69) is 5.10 Å². The molecule has 66 valence electrons. The maximum atomic E-state index is 10.8. The highest BCUT2D eigenvalue weighted by molar-refractivity contribution is 5.81. The first kappa shape index (κ1) is 8.73. The lowest BCUT2D eigenvalue weighted by atomic mass is 10.0. The summed E-state index contributed by atoms with van der Waals surface area (Å²) in [5, 5.41) is 3.92. The van der Waals surface area contributed by atoms with Crippen LogP contribution in [-0.2, 0) is 11.8 Å². The molecule has 12 heavy (non-hydrogen) atoms. The van der Waals surface area contributed by atoms with Crippen LogP contribution >= 0.6 is 0 Å². The fourth-order valence-corrected chi connectivity index (χ4v) is 1.04. The summed E-state index contributed by atoms with van der Waals surface area (Å²) in [4.78, 5) is 10.8. The van der Waals surface area contributed by atoms with Gasteiger partial charge in [0.25, 0.3) is 0 Å². The molecule has 0 saturated heterocycles. The van der Waals surface area contributed by atoms with Crippen LogP contribution in [0.3, 0.4) is 0 Å². The van der Waals surface area contributed by atoms with Crippen LogP contribution in [0, 0.1) is 0 Å². The van der Waals surface area contributed by atoms with E-state index < -0.39 is 11.8 Å². The van der Waals surface area contributed by atoms with Gasteiger partial charge in [-0.3, -0.25) is 9.48 Å². The van der Waals surface area contributed by atoms with Crippen LogP contribution in [0.5, 0.6) is 0 Å². The third-order valence-corrected chi connectivity index (χ3v) is 1.71. The molecule has 1 rings (SSSR count). The summed E-state index contributed by atoms with van der Waals surface area (Å²) in [6.45, 7) is 0.223. The van der Waals surface area contributed by atoms with Crippen molar-refractivity contribution >= 4 is 5.91 Å². The van der Waals surface area contributed by atoms with Crippen molar-refractivity contribution in [2.24, 2.45) is 18.5 Å². The second kappa shape index (κ2) is 3.36. The molecule has 1 atom stereocenters. The molecule has 0 unspecified atom stereocenters. The molecule has 1 amide bonds. The Morgan fingerprint density at radius 3 is 2.83 bits per heavy atom. The summed E-state index contributed by atoms with van der Waals surface area (Å²) in [7, 11) is 1.78. The number of carbonyl (C=O) groups excluding carboxylic acids is 1. The first-order valence-corrected chi connectivity index (χ1v) is 3.63. The van der Waals surface area contributed by atoms with Crippen LogP contribution < -0.4 is 11.5 Å². The highest BCUT2D eigenvalue weighted by atomic mass is 16.1. The predicted molar refractivity (Wildman–Crippen MR) is 44.2 cm³/mol. The van der Waals surface area contributed by atoms with Crippen molar-refractivity contribution in [3.63, 3.8) is 0 Å². The van der Waals surface area contributed by atoms with E-state index in [1.54, 1.807) is 24.1 Å². The van der Waals surface area contributed by atoms with Gasteiger partial charge in [0.2, 0.25) is 5.91 Å². The van der Waals surface area contributed by atoms with Gasteiger partial charge in [-0.2, -0.15) is 5.10 Å². The fourth-order valence-electron chi connectivity index (χ4n) is 1.04. The van der Waals surface area contributed by atoms with Gasteiger partial charge in [-0.05, 0) is 0 Å². The van der Waals surface area contributed by atoms with E-state index in [1.165, 1.54) is 0 Å². The third kappa shape index (κ3) is 1.62. The molecule has 0 radical (unpaired) electrons. The van der Waals surface area contributed by atoms with Crippen LogP contribution in [0.25, 0.3) is 0 Å². The van der Waals surface area contributed by atoms with E-state index in [9.17, 15) is 4.79 Å². The second-order valence-corrected chi connectivity index (χ2v) is 2.64. The highest BCUT2D eigenvalue weighted by Crippen LogP contribution is 2.11. The molecule has 5 nitrogen and oxygen atoms in total. The Morgan fingerprint density at radius 1 is 1.83 bits per heavy atom. The summed E-state index contributed by atoms with van der Waals surface area (Å²) in [6.07, 6.45) is 3.34. The number of nitrogens with zero attached hydrogens (tertiary/aromatic N) is 2. The van der Waals surface area contributed by atoms with Gasteiger partial charge in [-0.25, -0.2) is 0 Å². The van der Waals surface area contributed by atoms with Crippen molar-refractivity contribution in [3.8, 4) is 0 Å². The average molecular weight is 168 g/mol. The molecule has 0 aliphatic rings. The summed E-state index contributed by atoms with van der Waals surface area (Å²) in [6, 6.07) is 0. The van der Waals surface area contributed by atoms with Crippen molar-refractivity contribution < 1.29 is 4.79 Å². The van der Waals surface area contributed by atoms with E-state index in [1.807, 2.05) is 0 Å². The van der Waals surface area contributed by atoms with Crippen molar-refractivity contribution in [1.29, 1.82) is 0 Å². The van der Waals surface area contributed by atoms with E-state index in [0.717, 1.165) is 5.56 Å². The number of aromatic nitrogens is 2. The first-order valence-electron chi connectivity index (χ1n) is 3.63. The van der Waals surface area contributed by atoms with Crippen LogP contribution in [0.15, 0.2) is 12.4 Å². The Hall–Kier alpha value is -1.36. The number of hydrogen-bond donors (Lipinski definition) is 2. The van der Waals surface area contributed by atoms with E-state index in [4.69, 9.17) is 11.5 Å². The van der Waals surface area contributed by atoms with Gasteiger partial charge in [-0.1, -0.05) is 0 Å². The van der Waals surface area contributed by atoms with E-state index in [-0.39, 0.29) is 6.54 Å². The summed E-state index contributed by atoms with van der Waals surface area (Å²) >= 11 is 0. The molecule has 0 fully saturated rings. The second-order valence-electron chi connectivity index (χ2n) is 2.64. The van der Waals surface area contributed by atoms with Crippen molar-refractivity contribution in [2.45, 2.75) is 5.92 Å². The lowest BCUT2D eigenvalue weighted by Crippen LogP contribution is -2.27. The number of primary amides is 1. The van der Waals surface area contributed by atoms with Gasteiger partial charge in [-0.15, -0.1) is 0 Å². The molecule has 0 aliphatic carbocycles. The van der Waals surface area contributed by atoms with Crippen LogP contribution in [0.1, 0.15) is 11.5 Å². The molecule has 0 bridgehead atoms. The fraction of sp³-hybridized carbons (Fsp3) is 0.429. The Morgan fingerprint density at radius 2 is 2.50 bits per heavy atom. The molecule has 0 aliphatic heterocycles. The van der Waals surface area contributed by atoms with Gasteiger partial charge in [0.15, 0.2) is 0 Å². The lowest BCUT2D eigenvalue weighted by molar-refractivity contribution is -0.119. The van der Waals surface area contributed by atoms with Crippen LogP contribution in [-0.4, -0.2) is 22.2 Å². The largest absolute Gasteiger partial charge is 0.369 e. The van der Waals surface area contributed by atoms with Gasteiger partial charge < -0.3 is 11.5 Å². The van der Waals surface area contributed by atoms with Gasteiger partial charge in [0.05, 0.1) is 12.1 Å². The first-order chi connectivity index (χ1) is 5.65. The molecule has 0 spiro atoms. The molecule has 0 aromatic carbocycles. The zero-order valence-electron chi connectivity index (χ0n) is 6.90. The number of hydrogen-bond acceptors (Lipinski definition) is 3. The topological polar surface area (TPSA) is 86.9 Å². The minimum absolute atomic E-state index is 0.223. The Bertz CT molecular complexity index is 281. The van der Waals surface area contributed by atoms with E-state index in [0.29, 0.717) is 0 Å². The van der Waals surface area contributed by atoms with Gasteiger partial charge in [0, 0.05) is 25.4 Å². The number of rotatable bonds is 3. The summed E-state index contributed by atoms with van der Waals surface area (Å²) in [5.74, 6) is -0.829. The van der Waals surface area contributed by atoms with E-state index >= 15 is 0 Å². The molecular formula is C7H12N4O. The summed E-state index contributed by atoms with van der Waals surface area (Å²) < 4.78 is 1.61. The van der Waals surface area contributed by atoms with Gasteiger partial charge >= 0.3 is 0 Å². The Kier molecular flexibility index (Phi) is 2.44. The highest BCUT2D eigenvalue weighted by Gasteiger charge is 2.16. The molecule has 4 N–H and O–H groups in total. The molecule has 1 aromatic rings. The minimum Gasteiger partial charge on any atom is -0.369 e. The SMILES string of the molecule is Cn1cc([C@H](CN)C(N)=O)cn1. The standard InChI is InChI=1S/C7H12N4O/c1-11-4-5(3-10-11)6(2-8)7(9)12/h3-4,6H,2,8H2,1H3,(H2,9,12)/t6-/m0/s1. The third-order valence-electron chi connectivity index (χ3n) is 1.71. The zero-order chi connectivity index (χ0) is 9.14. The Labute approximate surface area is 70.3 Å². The molecular weight excluding hydrogens is 156 g/mol. The average Bonchev–Trinajstić information content (AvgIpc) is 2.37. The predicted octanol–water partition coefficient (Wildman–Crippen LogP) is -1.05. The van der Waals surface area contributed by atoms with Crippen molar-refractivity contribution in [2.75, 3.05) is 6.54 Å². The molecule has 1 aromatic heterocycles. The smallest absolute Gasteiger partial charge is 0.226 e. The maximum absolute atomic E-state index is 10.8. The van der Waals surface area contributed by atoms with Crippen molar-refractivity contribution in [3.05, 3.63) is 18.0 Å². The van der Waals surface area contributed by atoms with Crippen LogP contribution in [0.4, 0.5) is 0 Å². The number of carbonyl (C=O) groups is 1. The monoisotopic (exact) mass is 168 g/mol. The Balaban J connectivity index is 2.87. The normalized spacial score (nSPS) is 12.8. The number of amides is 1. The van der Waals surface area contributed by atoms with Crippen molar-refractivity contribution in [1.82, 2.24) is 9.78 Å². The quantitative estimate of drug-likeness (QED) is 0.603. The number of aryl methyl sites for hydroxylation is 1. The summed E-state index contributed by atoms with van der Waals surface area (Å²) in [5.41, 5.74) is 11.3. The number of nitrogens with two attached hydrogens (primary N) is 2. The maximum Gasteiger partial charge on any atom is 0.226 e. The molecule has 1 heterocycles. The molecule has 5 heteroatoms. The molecule has 0 saturated carbocycles. The minimum atomic E-state index is -0.418. The van der Waals surface area contributed by atoms with Crippen LogP contribution in [0.2, 0.25) is 0 Å².